The van der Waals surface area contributed by atoms with E-state index in [2.05, 4.69) is 32.4 Å². The van der Waals surface area contributed by atoms with Gasteiger partial charge >= 0.3 is 0 Å². The highest BCUT2D eigenvalue weighted by atomic mass is 79.9. The van der Waals surface area contributed by atoms with Gasteiger partial charge in [-0.05, 0) is 70.6 Å². The predicted molar refractivity (Wildman–Crippen MR) is 100 cm³/mol. The Balaban J connectivity index is 1.76. The van der Waals surface area contributed by atoms with Gasteiger partial charge in [-0.3, -0.25) is 0 Å². The van der Waals surface area contributed by atoms with Crippen LogP contribution in [0.1, 0.15) is 30.0 Å². The van der Waals surface area contributed by atoms with Gasteiger partial charge in [0.25, 0.3) is 0 Å². The summed E-state index contributed by atoms with van der Waals surface area (Å²) in [5.74, 6) is 0.679. The van der Waals surface area contributed by atoms with Crippen molar-refractivity contribution in [1.82, 2.24) is 14.6 Å². The molecule has 0 spiro atoms. The van der Waals surface area contributed by atoms with Crippen LogP contribution >= 0.6 is 15.9 Å². The summed E-state index contributed by atoms with van der Waals surface area (Å²) in [5.41, 5.74) is 2.95. The van der Waals surface area contributed by atoms with Crippen molar-refractivity contribution >= 4 is 27.4 Å². The van der Waals surface area contributed by atoms with Gasteiger partial charge in [-0.15, -0.1) is 11.7 Å². The first-order valence-electron chi connectivity index (χ1n) is 8.33. The Morgan fingerprint density at radius 3 is 3.04 bits per heavy atom. The fraction of sp³-hybridized carbons (Fsp3) is 0.263. The summed E-state index contributed by atoms with van der Waals surface area (Å²) in [6.45, 7) is 4.73. The summed E-state index contributed by atoms with van der Waals surface area (Å²) < 4.78 is 16.5. The van der Waals surface area contributed by atoms with Crippen LogP contribution in [0.3, 0.4) is 0 Å². The molecule has 1 aliphatic rings. The van der Waals surface area contributed by atoms with Gasteiger partial charge in [0.15, 0.2) is 5.65 Å². The molecule has 1 fully saturated rings. The lowest BCUT2D eigenvalue weighted by Gasteiger charge is -2.27. The molecule has 1 aromatic carbocycles. The lowest BCUT2D eigenvalue weighted by atomic mass is 9.96. The summed E-state index contributed by atoms with van der Waals surface area (Å²) in [7, 11) is 0. The number of allylic oxidation sites excluding steroid dienone is 1. The van der Waals surface area contributed by atoms with E-state index in [0.29, 0.717) is 0 Å². The lowest BCUT2D eigenvalue weighted by Crippen LogP contribution is -2.25. The molecule has 3 heterocycles. The summed E-state index contributed by atoms with van der Waals surface area (Å²) >= 11 is 3.47. The maximum Gasteiger partial charge on any atom is 0.154 e. The minimum Gasteiger partial charge on any atom is -0.348 e. The maximum absolute atomic E-state index is 13.9. The first-order valence-corrected chi connectivity index (χ1v) is 9.13. The van der Waals surface area contributed by atoms with Crippen molar-refractivity contribution in [2.24, 2.45) is 0 Å². The van der Waals surface area contributed by atoms with Gasteiger partial charge in [0.05, 0.1) is 12.2 Å². The minimum absolute atomic E-state index is 0.123. The monoisotopic (exact) mass is 400 g/mol. The Morgan fingerprint density at radius 2 is 2.20 bits per heavy atom. The quantitative estimate of drug-likeness (QED) is 0.595. The summed E-state index contributed by atoms with van der Waals surface area (Å²) in [5, 5.41) is 4.71. The Kier molecular flexibility index (Phi) is 4.29. The van der Waals surface area contributed by atoms with Gasteiger partial charge in [0.2, 0.25) is 0 Å². The maximum atomic E-state index is 13.9. The number of halogens is 2. The molecule has 1 saturated heterocycles. The molecule has 0 radical (unpaired) electrons. The molecular weight excluding hydrogens is 383 g/mol. The smallest absolute Gasteiger partial charge is 0.154 e. The summed E-state index contributed by atoms with van der Waals surface area (Å²) in [6.07, 6.45) is 6.38. The number of anilines is 1. The predicted octanol–water partition coefficient (Wildman–Crippen LogP) is 4.70. The SMILES string of the molecule is C=CCc1ccc(F)cc1C1CCCN1c1ccc2ncc(Br)n2n1. The Bertz CT molecular complexity index is 936. The van der Waals surface area contributed by atoms with Crippen molar-refractivity contribution in [1.29, 1.82) is 0 Å². The molecular formula is C19H18BrFN4. The van der Waals surface area contributed by atoms with E-state index in [9.17, 15) is 4.39 Å². The van der Waals surface area contributed by atoms with E-state index >= 15 is 0 Å². The van der Waals surface area contributed by atoms with E-state index in [0.717, 1.165) is 53.0 Å². The van der Waals surface area contributed by atoms with Crippen molar-refractivity contribution in [3.05, 3.63) is 70.7 Å². The number of aromatic nitrogens is 3. The van der Waals surface area contributed by atoms with Crippen molar-refractivity contribution in [3.8, 4) is 0 Å². The molecule has 2 aromatic heterocycles. The molecule has 1 aliphatic heterocycles. The van der Waals surface area contributed by atoms with Crippen LogP contribution in [0.4, 0.5) is 10.2 Å². The number of hydrogen-bond acceptors (Lipinski definition) is 3. The van der Waals surface area contributed by atoms with Crippen LogP contribution in [0.5, 0.6) is 0 Å². The lowest BCUT2D eigenvalue weighted by molar-refractivity contribution is 0.615. The van der Waals surface area contributed by atoms with Crippen molar-refractivity contribution in [2.45, 2.75) is 25.3 Å². The number of nitrogens with zero attached hydrogens (tertiary/aromatic N) is 4. The first-order chi connectivity index (χ1) is 12.2. The number of rotatable bonds is 4. The third-order valence-corrected chi connectivity index (χ3v) is 5.23. The van der Waals surface area contributed by atoms with E-state index in [-0.39, 0.29) is 11.9 Å². The van der Waals surface area contributed by atoms with E-state index in [1.165, 1.54) is 6.07 Å². The van der Waals surface area contributed by atoms with Gasteiger partial charge in [-0.2, -0.15) is 0 Å². The molecule has 6 heteroatoms. The third kappa shape index (κ3) is 2.95. The Hall–Kier alpha value is -2.21. The second kappa shape index (κ2) is 6.59. The zero-order valence-corrected chi connectivity index (χ0v) is 15.3. The Morgan fingerprint density at radius 1 is 1.32 bits per heavy atom. The van der Waals surface area contributed by atoms with Crippen LogP contribution in [-0.2, 0) is 6.42 Å². The number of hydrogen-bond donors (Lipinski definition) is 0. The largest absolute Gasteiger partial charge is 0.348 e. The van der Waals surface area contributed by atoms with Crippen LogP contribution in [0.2, 0.25) is 0 Å². The molecule has 1 unspecified atom stereocenters. The number of imidazole rings is 1. The van der Waals surface area contributed by atoms with Gasteiger partial charge in [0.1, 0.15) is 16.2 Å². The molecule has 0 N–H and O–H groups in total. The first kappa shape index (κ1) is 16.3. The average Bonchev–Trinajstić information content (AvgIpc) is 3.24. The third-order valence-electron chi connectivity index (χ3n) is 4.68. The molecule has 3 aromatic rings. The van der Waals surface area contributed by atoms with Gasteiger partial charge in [0, 0.05) is 6.54 Å². The molecule has 0 aliphatic carbocycles. The second-order valence-electron chi connectivity index (χ2n) is 6.23. The molecule has 4 nitrogen and oxygen atoms in total. The standard InChI is InChI=1S/C19H18BrFN4/c1-2-4-13-6-7-14(21)11-15(13)16-5-3-10-24(16)19-9-8-18-22-12-17(20)25(18)23-19/h2,6-9,11-12,16H,1,3-5,10H2. The van der Waals surface area contributed by atoms with Gasteiger partial charge in [-0.25, -0.2) is 13.9 Å². The molecule has 1 atom stereocenters. The molecule has 0 amide bonds. The van der Waals surface area contributed by atoms with Crippen LogP contribution in [0, 0.1) is 5.82 Å². The van der Waals surface area contributed by atoms with Crippen molar-refractivity contribution < 1.29 is 4.39 Å². The number of benzene rings is 1. The topological polar surface area (TPSA) is 33.4 Å². The van der Waals surface area contributed by atoms with Crippen molar-refractivity contribution in [2.75, 3.05) is 11.4 Å². The molecule has 128 valence electrons. The highest BCUT2D eigenvalue weighted by Gasteiger charge is 2.29. The van der Waals surface area contributed by atoms with Gasteiger partial charge < -0.3 is 4.90 Å². The normalized spacial score (nSPS) is 17.4. The van der Waals surface area contributed by atoms with Crippen LogP contribution in [0.25, 0.3) is 5.65 Å². The highest BCUT2D eigenvalue weighted by molar-refractivity contribution is 9.10. The highest BCUT2D eigenvalue weighted by Crippen LogP contribution is 2.37. The summed E-state index contributed by atoms with van der Waals surface area (Å²) in [6, 6.07) is 9.12. The zero-order valence-electron chi connectivity index (χ0n) is 13.7. The second-order valence-corrected chi connectivity index (χ2v) is 7.04. The van der Waals surface area contributed by atoms with E-state index < -0.39 is 0 Å². The van der Waals surface area contributed by atoms with Gasteiger partial charge in [-0.1, -0.05) is 12.1 Å². The zero-order chi connectivity index (χ0) is 17.4. The van der Waals surface area contributed by atoms with Crippen LogP contribution in [0.15, 0.2) is 53.8 Å². The fourth-order valence-electron chi connectivity index (χ4n) is 3.57. The molecule has 0 bridgehead atoms. The van der Waals surface area contributed by atoms with Crippen LogP contribution < -0.4 is 4.90 Å². The molecule has 0 saturated carbocycles. The average molecular weight is 401 g/mol. The molecule has 4 rings (SSSR count). The minimum atomic E-state index is -0.199. The van der Waals surface area contributed by atoms with Crippen molar-refractivity contribution in [3.63, 3.8) is 0 Å². The van der Waals surface area contributed by atoms with E-state index in [1.807, 2.05) is 24.3 Å². The van der Waals surface area contributed by atoms with E-state index in [1.54, 1.807) is 16.8 Å². The number of fused-ring (bicyclic) bond motifs is 1. The summed E-state index contributed by atoms with van der Waals surface area (Å²) in [4.78, 5) is 6.54. The fourth-order valence-corrected chi connectivity index (χ4v) is 3.93. The van der Waals surface area contributed by atoms with Crippen LogP contribution in [-0.4, -0.2) is 21.1 Å². The Labute approximate surface area is 154 Å². The molecule has 25 heavy (non-hydrogen) atoms. The van der Waals surface area contributed by atoms with E-state index in [4.69, 9.17) is 5.10 Å².